The average Bonchev–Trinajstić information content (AvgIpc) is 2.40. The molecule has 98 valence electrons. The van der Waals surface area contributed by atoms with Crippen LogP contribution in [0, 0.1) is 0 Å². The number of rotatable bonds is 2. The summed E-state index contributed by atoms with van der Waals surface area (Å²) in [5.41, 5.74) is 3.17. The zero-order chi connectivity index (χ0) is 12.4. The maximum Gasteiger partial charge on any atom is 0.119 e. The molecule has 3 rings (SSSR count). The lowest BCUT2D eigenvalue weighted by Crippen LogP contribution is -2.43. The van der Waals surface area contributed by atoms with E-state index in [1.165, 1.54) is 56.2 Å². The molecule has 1 heterocycles. The second kappa shape index (κ2) is 4.83. The minimum Gasteiger partial charge on any atom is -0.494 e. The van der Waals surface area contributed by atoms with Gasteiger partial charge in [-0.25, -0.2) is 0 Å². The van der Waals surface area contributed by atoms with Crippen molar-refractivity contribution in [3.63, 3.8) is 0 Å². The third-order valence-electron chi connectivity index (χ3n) is 4.47. The van der Waals surface area contributed by atoms with Crippen LogP contribution in [0.25, 0.3) is 0 Å². The quantitative estimate of drug-likeness (QED) is 0.845. The van der Waals surface area contributed by atoms with Crippen molar-refractivity contribution in [2.24, 2.45) is 0 Å². The van der Waals surface area contributed by atoms with Crippen molar-refractivity contribution in [2.45, 2.75) is 57.4 Å². The molecule has 0 aromatic heterocycles. The minimum absolute atomic E-state index is 0.401. The normalized spacial score (nSPS) is 21.2. The summed E-state index contributed by atoms with van der Waals surface area (Å²) in [5.74, 6) is 1.01. The third kappa shape index (κ3) is 2.21. The lowest BCUT2D eigenvalue weighted by Gasteiger charge is -2.43. The summed E-state index contributed by atoms with van der Waals surface area (Å²) < 4.78 is 5.58. The van der Waals surface area contributed by atoms with E-state index >= 15 is 0 Å². The summed E-state index contributed by atoms with van der Waals surface area (Å²) in [6.45, 7) is 2.78. The highest BCUT2D eigenvalue weighted by Crippen LogP contribution is 2.40. The predicted octanol–water partition coefficient (Wildman–Crippen LogP) is 4.15. The zero-order valence-electron chi connectivity index (χ0n) is 11.3. The molecule has 0 saturated heterocycles. The van der Waals surface area contributed by atoms with Gasteiger partial charge >= 0.3 is 0 Å². The van der Waals surface area contributed by atoms with Crippen molar-refractivity contribution in [3.05, 3.63) is 23.8 Å². The molecule has 0 atom stereocenters. The molecule has 18 heavy (non-hydrogen) atoms. The molecule has 0 amide bonds. The topological polar surface area (TPSA) is 21.3 Å². The van der Waals surface area contributed by atoms with Gasteiger partial charge in [0.15, 0.2) is 0 Å². The highest BCUT2D eigenvalue weighted by molar-refractivity contribution is 5.58. The van der Waals surface area contributed by atoms with E-state index in [0.717, 1.165) is 12.4 Å². The van der Waals surface area contributed by atoms with Gasteiger partial charge in [0.1, 0.15) is 5.75 Å². The van der Waals surface area contributed by atoms with Gasteiger partial charge in [-0.1, -0.05) is 19.3 Å². The van der Waals surface area contributed by atoms with E-state index in [4.69, 9.17) is 4.74 Å². The van der Waals surface area contributed by atoms with Crippen LogP contribution in [-0.2, 0) is 6.42 Å². The highest BCUT2D eigenvalue weighted by atomic mass is 16.5. The maximum atomic E-state index is 5.58. The SMILES string of the molecule is CCOc1ccc2c(c1)CCC1(CCCCC1)N2. The molecule has 1 aromatic rings. The second-order valence-electron chi connectivity index (χ2n) is 5.72. The van der Waals surface area contributed by atoms with Gasteiger partial charge in [-0.05, 0) is 56.4 Å². The molecule has 1 aromatic carbocycles. The Morgan fingerprint density at radius 3 is 2.78 bits per heavy atom. The lowest BCUT2D eigenvalue weighted by molar-refractivity contribution is 0.297. The standard InChI is InChI=1S/C16H23NO/c1-2-18-14-6-7-15-13(12-14)8-11-16(17-15)9-4-3-5-10-16/h6-7,12,17H,2-5,8-11H2,1H3. The maximum absolute atomic E-state index is 5.58. The first-order valence-corrected chi connectivity index (χ1v) is 7.35. The number of benzene rings is 1. The van der Waals surface area contributed by atoms with Gasteiger partial charge in [0.25, 0.3) is 0 Å². The molecular formula is C16H23NO. The van der Waals surface area contributed by atoms with E-state index in [1.54, 1.807) is 0 Å². The Morgan fingerprint density at radius 2 is 2.00 bits per heavy atom. The molecule has 0 radical (unpaired) electrons. The molecular weight excluding hydrogens is 222 g/mol. The van der Waals surface area contributed by atoms with Gasteiger partial charge in [0.05, 0.1) is 6.61 Å². The Morgan fingerprint density at radius 1 is 1.17 bits per heavy atom. The summed E-state index contributed by atoms with van der Waals surface area (Å²) in [6.07, 6.45) is 9.37. The fourth-order valence-corrected chi connectivity index (χ4v) is 3.48. The fraction of sp³-hybridized carbons (Fsp3) is 0.625. The Hall–Kier alpha value is -1.18. The van der Waals surface area contributed by atoms with Crippen molar-refractivity contribution in [2.75, 3.05) is 11.9 Å². The first-order valence-electron chi connectivity index (χ1n) is 7.35. The molecule has 0 unspecified atom stereocenters. The number of ether oxygens (including phenoxy) is 1. The summed E-state index contributed by atoms with van der Waals surface area (Å²) >= 11 is 0. The molecule has 1 aliphatic heterocycles. The summed E-state index contributed by atoms with van der Waals surface area (Å²) in [7, 11) is 0. The van der Waals surface area contributed by atoms with Crippen molar-refractivity contribution >= 4 is 5.69 Å². The van der Waals surface area contributed by atoms with Crippen LogP contribution in [-0.4, -0.2) is 12.1 Å². The van der Waals surface area contributed by atoms with Crippen LogP contribution in [0.3, 0.4) is 0 Å². The van der Waals surface area contributed by atoms with Crippen LogP contribution in [0.4, 0.5) is 5.69 Å². The molecule has 1 aliphatic carbocycles. The Bertz CT molecular complexity index is 421. The number of fused-ring (bicyclic) bond motifs is 1. The minimum atomic E-state index is 0.401. The summed E-state index contributed by atoms with van der Waals surface area (Å²) in [4.78, 5) is 0. The van der Waals surface area contributed by atoms with Crippen LogP contribution in [0.2, 0.25) is 0 Å². The first-order chi connectivity index (χ1) is 8.81. The van der Waals surface area contributed by atoms with Crippen LogP contribution < -0.4 is 10.1 Å². The summed E-state index contributed by atoms with van der Waals surface area (Å²) in [5, 5.41) is 3.83. The molecule has 1 saturated carbocycles. The van der Waals surface area contributed by atoms with E-state index in [-0.39, 0.29) is 0 Å². The van der Waals surface area contributed by atoms with E-state index < -0.39 is 0 Å². The van der Waals surface area contributed by atoms with Crippen molar-refractivity contribution in [1.29, 1.82) is 0 Å². The van der Waals surface area contributed by atoms with Gasteiger partial charge in [-0.15, -0.1) is 0 Å². The number of aryl methyl sites for hydroxylation is 1. The first kappa shape index (κ1) is 11.9. The van der Waals surface area contributed by atoms with E-state index in [9.17, 15) is 0 Å². The van der Waals surface area contributed by atoms with Gasteiger partial charge in [0, 0.05) is 11.2 Å². The van der Waals surface area contributed by atoms with Crippen LogP contribution in [0.1, 0.15) is 51.0 Å². The smallest absolute Gasteiger partial charge is 0.119 e. The van der Waals surface area contributed by atoms with Crippen molar-refractivity contribution < 1.29 is 4.74 Å². The summed E-state index contributed by atoms with van der Waals surface area (Å²) in [6, 6.07) is 6.51. The van der Waals surface area contributed by atoms with E-state index in [0.29, 0.717) is 5.54 Å². The average molecular weight is 245 g/mol. The molecule has 2 heteroatoms. The Balaban J connectivity index is 1.80. The monoisotopic (exact) mass is 245 g/mol. The van der Waals surface area contributed by atoms with Crippen molar-refractivity contribution in [1.82, 2.24) is 0 Å². The van der Waals surface area contributed by atoms with Gasteiger partial charge in [-0.3, -0.25) is 0 Å². The number of hydrogen-bond acceptors (Lipinski definition) is 2. The molecule has 1 spiro atoms. The molecule has 2 nitrogen and oxygen atoms in total. The van der Waals surface area contributed by atoms with Crippen LogP contribution in [0.15, 0.2) is 18.2 Å². The number of hydrogen-bond donors (Lipinski definition) is 1. The molecule has 0 bridgehead atoms. The Kier molecular flexibility index (Phi) is 3.19. The molecule has 1 fully saturated rings. The van der Waals surface area contributed by atoms with Crippen LogP contribution in [0.5, 0.6) is 5.75 Å². The lowest BCUT2D eigenvalue weighted by atomic mass is 9.75. The molecule has 1 N–H and O–H groups in total. The van der Waals surface area contributed by atoms with Gasteiger partial charge < -0.3 is 10.1 Å². The number of nitrogens with one attached hydrogen (secondary N) is 1. The van der Waals surface area contributed by atoms with Crippen molar-refractivity contribution in [3.8, 4) is 5.75 Å². The highest BCUT2D eigenvalue weighted by Gasteiger charge is 2.34. The largest absolute Gasteiger partial charge is 0.494 e. The van der Waals surface area contributed by atoms with Gasteiger partial charge in [-0.2, -0.15) is 0 Å². The Labute approximate surface area is 110 Å². The number of anilines is 1. The fourth-order valence-electron chi connectivity index (χ4n) is 3.48. The molecule has 2 aliphatic rings. The van der Waals surface area contributed by atoms with E-state index in [2.05, 4.69) is 23.5 Å². The van der Waals surface area contributed by atoms with Gasteiger partial charge in [0.2, 0.25) is 0 Å². The second-order valence-corrected chi connectivity index (χ2v) is 5.72. The predicted molar refractivity (Wildman–Crippen MR) is 75.4 cm³/mol. The van der Waals surface area contributed by atoms with E-state index in [1.807, 2.05) is 6.92 Å². The van der Waals surface area contributed by atoms with Crippen LogP contribution >= 0.6 is 0 Å². The zero-order valence-corrected chi connectivity index (χ0v) is 11.3. The third-order valence-corrected chi connectivity index (χ3v) is 4.47.